The average molecular weight is 538 g/mol. The lowest BCUT2D eigenvalue weighted by atomic mass is 10.0. The highest BCUT2D eigenvalue weighted by atomic mass is 16.6. The van der Waals surface area contributed by atoms with E-state index in [9.17, 15) is 29.4 Å². The van der Waals surface area contributed by atoms with E-state index in [2.05, 4.69) is 22.3 Å². The molecule has 0 aliphatic heterocycles. The van der Waals surface area contributed by atoms with E-state index in [1.165, 1.54) is 36.3 Å². The van der Waals surface area contributed by atoms with Crippen LogP contribution in [0.15, 0.2) is 24.3 Å². The molecule has 38 heavy (non-hydrogen) atoms. The number of aliphatic hydroxyl groups is 1. The molecule has 2 atom stereocenters. The summed E-state index contributed by atoms with van der Waals surface area (Å²) in [5, 5.41) is 24.6. The number of ether oxygens (including phenoxy) is 2. The number of phenols is 1. The number of alkyl carbamates (subject to hydrolysis) is 1. The second-order valence-corrected chi connectivity index (χ2v) is 9.97. The molecule has 0 radical (unpaired) electrons. The van der Waals surface area contributed by atoms with E-state index in [4.69, 9.17) is 4.74 Å². The van der Waals surface area contributed by atoms with Gasteiger partial charge in [-0.3, -0.25) is 14.4 Å². The summed E-state index contributed by atoms with van der Waals surface area (Å²) < 4.78 is 9.83. The molecule has 11 heteroatoms. The zero-order valence-electron chi connectivity index (χ0n) is 23.1. The summed E-state index contributed by atoms with van der Waals surface area (Å²) in [6, 6.07) is 3.16. The monoisotopic (exact) mass is 537 g/mol. The number of nitrogens with one attached hydrogen (secondary N) is 2. The zero-order chi connectivity index (χ0) is 28.7. The molecule has 11 nitrogen and oxygen atoms in total. The maximum absolute atomic E-state index is 13.7. The second-order valence-electron chi connectivity index (χ2n) is 9.97. The first-order valence-corrected chi connectivity index (χ1v) is 13.0. The molecule has 0 saturated heterocycles. The van der Waals surface area contributed by atoms with Gasteiger partial charge in [-0.05, 0) is 44.9 Å². The van der Waals surface area contributed by atoms with Crippen molar-refractivity contribution >= 4 is 23.9 Å². The van der Waals surface area contributed by atoms with Gasteiger partial charge >= 0.3 is 12.1 Å². The fourth-order valence-corrected chi connectivity index (χ4v) is 3.72. The Hall–Kier alpha value is -3.34. The summed E-state index contributed by atoms with van der Waals surface area (Å²) in [5.41, 5.74) is -0.452. The molecule has 0 fully saturated rings. The molecule has 0 bridgehead atoms. The van der Waals surface area contributed by atoms with Crippen LogP contribution in [-0.2, 0) is 23.9 Å². The number of esters is 1. The van der Waals surface area contributed by atoms with Gasteiger partial charge in [0.15, 0.2) is 0 Å². The van der Waals surface area contributed by atoms with Crippen molar-refractivity contribution < 1.29 is 38.9 Å². The minimum atomic E-state index is -1.38. The minimum Gasteiger partial charge on any atom is -0.508 e. The molecule has 0 saturated carbocycles. The number of unbranched alkanes of at least 4 members (excludes halogenated alkanes) is 5. The summed E-state index contributed by atoms with van der Waals surface area (Å²) >= 11 is 0. The van der Waals surface area contributed by atoms with Gasteiger partial charge in [-0.1, -0.05) is 51.2 Å². The highest BCUT2D eigenvalue weighted by Gasteiger charge is 2.36. The third-order valence-electron chi connectivity index (χ3n) is 5.61. The van der Waals surface area contributed by atoms with Crippen LogP contribution in [-0.4, -0.2) is 77.4 Å². The summed E-state index contributed by atoms with van der Waals surface area (Å²) in [6.45, 7) is 6.12. The minimum absolute atomic E-state index is 0.0314. The fourth-order valence-electron chi connectivity index (χ4n) is 3.72. The molecule has 0 spiro atoms. The molecular formula is C27H43N3O8. The third kappa shape index (κ3) is 11.8. The van der Waals surface area contributed by atoms with Crippen LogP contribution in [0, 0.1) is 0 Å². The molecule has 3 amide bonds. The quantitative estimate of drug-likeness (QED) is 0.197. The van der Waals surface area contributed by atoms with Gasteiger partial charge in [0.05, 0.1) is 13.7 Å². The molecule has 0 aliphatic rings. The van der Waals surface area contributed by atoms with Crippen LogP contribution in [0.3, 0.4) is 0 Å². The number of methoxy groups -OCH3 is 1. The number of aliphatic hydroxyl groups excluding tert-OH is 1. The predicted octanol–water partition coefficient (Wildman–Crippen LogP) is 2.80. The van der Waals surface area contributed by atoms with Crippen LogP contribution in [0.2, 0.25) is 0 Å². The van der Waals surface area contributed by atoms with Crippen molar-refractivity contribution in [1.29, 1.82) is 0 Å². The van der Waals surface area contributed by atoms with Crippen molar-refractivity contribution in [2.45, 2.75) is 83.9 Å². The smallest absolute Gasteiger partial charge is 0.408 e. The van der Waals surface area contributed by atoms with Gasteiger partial charge in [0, 0.05) is 6.54 Å². The standard InChI is InChI=1S/C27H43N3O8/c1-6-7-8-9-10-11-16-30(25(35)21(18-31)29-26(36)38-27(2,3)4)23(19-12-14-20(32)15-13-19)24(34)28-17-22(33)37-5/h12-15,21,23,31-32H,6-11,16-18H2,1-5H3,(H,28,34)(H,29,36). The number of carbonyl (C=O) groups is 4. The number of hydrogen-bond donors (Lipinski definition) is 4. The van der Waals surface area contributed by atoms with E-state index < -0.39 is 54.7 Å². The number of carbonyl (C=O) groups excluding carboxylic acids is 4. The van der Waals surface area contributed by atoms with Crippen LogP contribution in [0.1, 0.15) is 77.8 Å². The van der Waals surface area contributed by atoms with Gasteiger partial charge in [0.25, 0.3) is 0 Å². The van der Waals surface area contributed by atoms with Crippen LogP contribution in [0.5, 0.6) is 5.75 Å². The Morgan fingerprint density at radius 1 is 1.00 bits per heavy atom. The number of hydrogen-bond acceptors (Lipinski definition) is 8. The second kappa shape index (κ2) is 16.5. The lowest BCUT2D eigenvalue weighted by Crippen LogP contribution is -2.54. The van der Waals surface area contributed by atoms with Crippen LogP contribution in [0.4, 0.5) is 4.79 Å². The van der Waals surface area contributed by atoms with E-state index in [-0.39, 0.29) is 12.3 Å². The van der Waals surface area contributed by atoms with Crippen LogP contribution < -0.4 is 10.6 Å². The van der Waals surface area contributed by atoms with E-state index in [1.54, 1.807) is 20.8 Å². The first kappa shape index (κ1) is 32.7. The fraction of sp³-hybridized carbons (Fsp3) is 0.630. The molecule has 1 rings (SSSR count). The Labute approximate surface area is 224 Å². The summed E-state index contributed by atoms with van der Waals surface area (Å²) in [6.07, 6.45) is 4.67. The van der Waals surface area contributed by atoms with Crippen molar-refractivity contribution in [2.24, 2.45) is 0 Å². The maximum Gasteiger partial charge on any atom is 0.408 e. The van der Waals surface area contributed by atoms with Crippen molar-refractivity contribution in [3.05, 3.63) is 29.8 Å². The first-order valence-electron chi connectivity index (χ1n) is 13.0. The van der Waals surface area contributed by atoms with E-state index >= 15 is 0 Å². The van der Waals surface area contributed by atoms with Gasteiger partial charge < -0.3 is 35.2 Å². The number of phenolic OH excluding ortho intramolecular Hbond substituents is 1. The van der Waals surface area contributed by atoms with Crippen molar-refractivity contribution in [3.63, 3.8) is 0 Å². The Bertz CT molecular complexity index is 899. The highest BCUT2D eigenvalue weighted by molar-refractivity contribution is 5.93. The van der Waals surface area contributed by atoms with Gasteiger partial charge in [-0.25, -0.2) is 4.79 Å². The van der Waals surface area contributed by atoms with Gasteiger partial charge in [0.1, 0.15) is 30.0 Å². The maximum atomic E-state index is 13.7. The van der Waals surface area contributed by atoms with Crippen molar-refractivity contribution in [1.82, 2.24) is 15.5 Å². The number of benzene rings is 1. The SMILES string of the molecule is CCCCCCCCN(C(=O)C(CO)NC(=O)OC(C)(C)C)C(C(=O)NCC(=O)OC)c1ccc(O)cc1. The molecule has 4 N–H and O–H groups in total. The Morgan fingerprint density at radius 3 is 2.16 bits per heavy atom. The third-order valence-corrected chi connectivity index (χ3v) is 5.61. The Morgan fingerprint density at radius 2 is 1.61 bits per heavy atom. The van der Waals surface area contributed by atoms with Crippen molar-refractivity contribution in [3.8, 4) is 5.75 Å². The summed E-state index contributed by atoms with van der Waals surface area (Å²) in [5.74, 6) is -2.06. The van der Waals surface area contributed by atoms with Gasteiger partial charge in [-0.15, -0.1) is 0 Å². The highest BCUT2D eigenvalue weighted by Crippen LogP contribution is 2.25. The number of nitrogens with zero attached hydrogens (tertiary/aromatic N) is 1. The predicted molar refractivity (Wildman–Crippen MR) is 141 cm³/mol. The Kier molecular flexibility index (Phi) is 14.2. The van der Waals surface area contributed by atoms with Crippen LogP contribution >= 0.6 is 0 Å². The lowest BCUT2D eigenvalue weighted by Gasteiger charge is -2.34. The number of rotatable bonds is 15. The number of amides is 3. The number of aromatic hydroxyl groups is 1. The van der Waals surface area contributed by atoms with Gasteiger partial charge in [0.2, 0.25) is 11.8 Å². The Balaban J connectivity index is 3.32. The lowest BCUT2D eigenvalue weighted by molar-refractivity contribution is -0.145. The van der Waals surface area contributed by atoms with Crippen LogP contribution in [0.25, 0.3) is 0 Å². The molecular weight excluding hydrogens is 494 g/mol. The first-order chi connectivity index (χ1) is 17.9. The van der Waals surface area contributed by atoms with Gasteiger partial charge in [-0.2, -0.15) is 0 Å². The molecule has 214 valence electrons. The molecule has 0 aliphatic carbocycles. The topological polar surface area (TPSA) is 154 Å². The molecule has 2 unspecified atom stereocenters. The average Bonchev–Trinajstić information content (AvgIpc) is 2.86. The van der Waals surface area contributed by atoms with Crippen molar-refractivity contribution in [2.75, 3.05) is 26.8 Å². The van der Waals surface area contributed by atoms with E-state index in [0.717, 1.165) is 32.1 Å². The molecule has 1 aromatic rings. The van der Waals surface area contributed by atoms with E-state index in [1.807, 2.05) is 0 Å². The summed E-state index contributed by atoms with van der Waals surface area (Å²) in [4.78, 5) is 52.3. The van der Waals surface area contributed by atoms with E-state index in [0.29, 0.717) is 12.0 Å². The zero-order valence-corrected chi connectivity index (χ0v) is 23.1. The summed E-state index contributed by atoms with van der Waals surface area (Å²) in [7, 11) is 1.19. The largest absolute Gasteiger partial charge is 0.508 e. The normalized spacial score (nSPS) is 12.7. The molecule has 0 aromatic heterocycles. The molecule has 0 heterocycles. The molecule has 1 aromatic carbocycles.